The van der Waals surface area contributed by atoms with Crippen LogP contribution in [0.5, 0.6) is 0 Å². The Morgan fingerprint density at radius 1 is 0.929 bits per heavy atom. The second-order valence-electron chi connectivity index (χ2n) is 5.85. The number of benzene rings is 2. The number of aromatic nitrogens is 2. The van der Waals surface area contributed by atoms with Gasteiger partial charge in [-0.1, -0.05) is 0 Å². The number of nitrogens with zero attached hydrogens (tertiary/aromatic N) is 2. The van der Waals surface area contributed by atoms with E-state index < -0.39 is 17.6 Å². The molecule has 0 spiro atoms. The van der Waals surface area contributed by atoms with Gasteiger partial charge in [0.15, 0.2) is 0 Å². The van der Waals surface area contributed by atoms with Gasteiger partial charge in [0, 0.05) is 17.4 Å². The highest BCUT2D eigenvalue weighted by Crippen LogP contribution is 2.29. The highest BCUT2D eigenvalue weighted by molar-refractivity contribution is 6.03. The summed E-state index contributed by atoms with van der Waals surface area (Å²) in [6.07, 6.45) is -4.45. The van der Waals surface area contributed by atoms with E-state index in [1.165, 1.54) is 30.3 Å². The van der Waals surface area contributed by atoms with E-state index in [0.717, 1.165) is 24.3 Å². The van der Waals surface area contributed by atoms with E-state index in [1.807, 2.05) is 0 Å². The highest BCUT2D eigenvalue weighted by Gasteiger charge is 2.30. The van der Waals surface area contributed by atoms with Gasteiger partial charge >= 0.3 is 6.18 Å². The Balaban J connectivity index is 1.76. The molecule has 0 saturated carbocycles. The molecule has 0 radical (unpaired) electrons. The first kappa shape index (κ1) is 19.3. The van der Waals surface area contributed by atoms with Gasteiger partial charge in [-0.05, 0) is 55.5 Å². The second-order valence-corrected chi connectivity index (χ2v) is 5.85. The third-order valence-electron chi connectivity index (χ3n) is 3.66. The van der Waals surface area contributed by atoms with Crippen LogP contribution in [0, 0.1) is 12.7 Å². The molecule has 0 aliphatic heterocycles. The number of anilines is 3. The molecule has 9 heteroatoms. The Bertz CT molecular complexity index is 986. The minimum atomic E-state index is -4.45. The molecule has 3 aromatic rings. The molecule has 1 amide bonds. The fraction of sp³-hybridized carbons (Fsp3) is 0.105. The Morgan fingerprint density at radius 3 is 2.14 bits per heavy atom. The van der Waals surface area contributed by atoms with E-state index in [2.05, 4.69) is 20.6 Å². The van der Waals surface area contributed by atoms with Crippen molar-refractivity contribution in [2.45, 2.75) is 13.1 Å². The van der Waals surface area contributed by atoms with Crippen LogP contribution in [0.2, 0.25) is 0 Å². The fourth-order valence-corrected chi connectivity index (χ4v) is 2.37. The molecule has 0 atom stereocenters. The zero-order chi connectivity index (χ0) is 20.3. The van der Waals surface area contributed by atoms with E-state index >= 15 is 0 Å². The lowest BCUT2D eigenvalue weighted by atomic mass is 10.2. The van der Waals surface area contributed by atoms with Crippen molar-refractivity contribution in [1.29, 1.82) is 0 Å². The molecule has 0 bridgehead atoms. The van der Waals surface area contributed by atoms with Crippen LogP contribution in [0.1, 0.15) is 21.9 Å². The lowest BCUT2D eigenvalue weighted by Crippen LogP contribution is -2.15. The molecule has 0 unspecified atom stereocenters. The van der Waals surface area contributed by atoms with Gasteiger partial charge in [-0.3, -0.25) is 4.79 Å². The van der Waals surface area contributed by atoms with Gasteiger partial charge in [0.05, 0.1) is 5.56 Å². The van der Waals surface area contributed by atoms with Gasteiger partial charge in [0.25, 0.3) is 5.91 Å². The number of hydrogen-bond donors (Lipinski definition) is 2. The monoisotopic (exact) mass is 390 g/mol. The Morgan fingerprint density at radius 2 is 1.54 bits per heavy atom. The summed E-state index contributed by atoms with van der Waals surface area (Å²) in [7, 11) is 0. The number of halogens is 4. The maximum Gasteiger partial charge on any atom is 0.416 e. The molecular formula is C19H14F4N4O. The highest BCUT2D eigenvalue weighted by atomic mass is 19.4. The van der Waals surface area contributed by atoms with Crippen LogP contribution in [-0.2, 0) is 6.18 Å². The third-order valence-corrected chi connectivity index (χ3v) is 3.66. The number of alkyl halides is 3. The van der Waals surface area contributed by atoms with Gasteiger partial charge in [-0.25, -0.2) is 14.4 Å². The average molecular weight is 390 g/mol. The van der Waals surface area contributed by atoms with E-state index in [0.29, 0.717) is 17.3 Å². The van der Waals surface area contributed by atoms with Gasteiger partial charge < -0.3 is 10.6 Å². The summed E-state index contributed by atoms with van der Waals surface area (Å²) in [5.74, 6) is -0.366. The Kier molecular flexibility index (Phi) is 5.25. The summed E-state index contributed by atoms with van der Waals surface area (Å²) in [6, 6.07) is 11.0. The number of amides is 1. The number of rotatable bonds is 4. The first-order valence-electron chi connectivity index (χ1n) is 8.07. The average Bonchev–Trinajstić information content (AvgIpc) is 2.63. The quantitative estimate of drug-likeness (QED) is 0.620. The van der Waals surface area contributed by atoms with Crippen molar-refractivity contribution in [2.75, 3.05) is 10.6 Å². The minimum absolute atomic E-state index is 0.0250. The van der Waals surface area contributed by atoms with Crippen molar-refractivity contribution < 1.29 is 22.4 Å². The smallest absolute Gasteiger partial charge is 0.340 e. The van der Waals surface area contributed by atoms with Crippen molar-refractivity contribution in [2.24, 2.45) is 0 Å². The SMILES string of the molecule is Cc1nc(Nc2ccc(F)cc2)cc(C(=O)Nc2ccc(C(F)(F)F)cc2)n1. The minimum Gasteiger partial charge on any atom is -0.340 e. The summed E-state index contributed by atoms with van der Waals surface area (Å²) >= 11 is 0. The number of carbonyl (C=O) groups is 1. The molecular weight excluding hydrogens is 376 g/mol. The molecule has 1 heterocycles. The lowest BCUT2D eigenvalue weighted by molar-refractivity contribution is -0.137. The van der Waals surface area contributed by atoms with Gasteiger partial charge in [0.2, 0.25) is 0 Å². The summed E-state index contributed by atoms with van der Waals surface area (Å²) in [5, 5.41) is 5.42. The van der Waals surface area contributed by atoms with Gasteiger partial charge in [0.1, 0.15) is 23.2 Å². The molecule has 0 fully saturated rings. The molecule has 144 valence electrons. The molecule has 28 heavy (non-hydrogen) atoms. The fourth-order valence-electron chi connectivity index (χ4n) is 2.37. The summed E-state index contributed by atoms with van der Waals surface area (Å²) in [6.45, 7) is 1.59. The van der Waals surface area contributed by atoms with Crippen LogP contribution < -0.4 is 10.6 Å². The van der Waals surface area contributed by atoms with E-state index in [9.17, 15) is 22.4 Å². The number of aryl methyl sites for hydroxylation is 1. The Labute approximate surface area is 157 Å². The normalized spacial score (nSPS) is 11.2. The molecule has 5 nitrogen and oxygen atoms in total. The standard InChI is InChI=1S/C19H14F4N4O/c1-11-24-16(10-17(25-11)26-14-8-4-13(20)5-9-14)18(28)27-15-6-2-12(3-7-15)19(21,22)23/h2-10H,1H3,(H,27,28)(H,24,25,26). The van der Waals surface area contributed by atoms with E-state index in [4.69, 9.17) is 0 Å². The summed E-state index contributed by atoms with van der Waals surface area (Å²) in [4.78, 5) is 20.6. The van der Waals surface area contributed by atoms with Gasteiger partial charge in [-0.15, -0.1) is 0 Å². The molecule has 2 aromatic carbocycles. The van der Waals surface area contributed by atoms with Crippen LogP contribution in [0.15, 0.2) is 54.6 Å². The predicted molar refractivity (Wildman–Crippen MR) is 95.8 cm³/mol. The summed E-state index contributed by atoms with van der Waals surface area (Å²) < 4.78 is 50.8. The first-order valence-corrected chi connectivity index (χ1v) is 8.07. The largest absolute Gasteiger partial charge is 0.416 e. The molecule has 1 aromatic heterocycles. The predicted octanol–water partition coefficient (Wildman–Crippen LogP) is 4.94. The zero-order valence-electron chi connectivity index (χ0n) is 14.5. The van der Waals surface area contributed by atoms with Crippen LogP contribution in [0.25, 0.3) is 0 Å². The molecule has 3 rings (SSSR count). The van der Waals surface area contributed by atoms with Crippen molar-refractivity contribution >= 4 is 23.1 Å². The van der Waals surface area contributed by atoms with Crippen LogP contribution in [0.3, 0.4) is 0 Å². The number of hydrogen-bond acceptors (Lipinski definition) is 4. The molecule has 0 aliphatic rings. The van der Waals surface area contributed by atoms with Crippen molar-refractivity contribution in [3.05, 3.63) is 77.5 Å². The number of nitrogens with one attached hydrogen (secondary N) is 2. The summed E-state index contributed by atoms with van der Waals surface area (Å²) in [5.41, 5.74) is -0.0259. The van der Waals surface area contributed by atoms with E-state index in [-0.39, 0.29) is 17.2 Å². The van der Waals surface area contributed by atoms with Gasteiger partial charge in [-0.2, -0.15) is 13.2 Å². The topological polar surface area (TPSA) is 66.9 Å². The van der Waals surface area contributed by atoms with Crippen LogP contribution in [0.4, 0.5) is 34.8 Å². The van der Waals surface area contributed by atoms with Crippen LogP contribution >= 0.6 is 0 Å². The maximum absolute atomic E-state index is 13.0. The Hall–Kier alpha value is -3.49. The first-order chi connectivity index (χ1) is 13.2. The third kappa shape index (κ3) is 4.81. The van der Waals surface area contributed by atoms with E-state index in [1.54, 1.807) is 6.92 Å². The molecule has 0 saturated heterocycles. The molecule has 2 N–H and O–H groups in total. The maximum atomic E-state index is 13.0. The second kappa shape index (κ2) is 7.63. The van der Waals surface area contributed by atoms with Crippen molar-refractivity contribution in [1.82, 2.24) is 9.97 Å². The van der Waals surface area contributed by atoms with Crippen molar-refractivity contribution in [3.8, 4) is 0 Å². The molecule has 0 aliphatic carbocycles. The van der Waals surface area contributed by atoms with Crippen LogP contribution in [-0.4, -0.2) is 15.9 Å². The lowest BCUT2D eigenvalue weighted by Gasteiger charge is -2.10. The zero-order valence-corrected chi connectivity index (χ0v) is 14.5. The number of carbonyl (C=O) groups excluding carboxylic acids is 1. The van der Waals surface area contributed by atoms with Crippen molar-refractivity contribution in [3.63, 3.8) is 0 Å².